The number of rotatable bonds is 9. The van der Waals surface area contributed by atoms with E-state index in [2.05, 4.69) is 10.3 Å². The average molecular weight is 300 g/mol. The van der Waals surface area contributed by atoms with Crippen LogP contribution in [0.25, 0.3) is 0 Å². The van der Waals surface area contributed by atoms with Crippen LogP contribution in [0.1, 0.15) is 35.9 Å². The Bertz CT molecular complexity index is 423. The molecule has 0 fully saturated rings. The van der Waals surface area contributed by atoms with Crippen LogP contribution in [0.2, 0.25) is 0 Å². The molecule has 6 nitrogen and oxygen atoms in total. The summed E-state index contributed by atoms with van der Waals surface area (Å²) in [4.78, 5) is 18.7. The van der Waals surface area contributed by atoms with Crippen molar-refractivity contribution in [1.82, 2.24) is 10.3 Å². The number of methoxy groups -OCH3 is 1. The Kier molecular flexibility index (Phi) is 7.32. The van der Waals surface area contributed by atoms with E-state index in [1.54, 1.807) is 7.11 Å². The van der Waals surface area contributed by atoms with Crippen molar-refractivity contribution in [2.45, 2.75) is 26.2 Å². The Balaban J connectivity index is 2.41. The highest BCUT2D eigenvalue weighted by Gasteiger charge is 2.17. The molecule has 0 aliphatic carbocycles. The number of anilines is 2. The zero-order valence-corrected chi connectivity index (χ0v) is 13.3. The first kappa shape index (κ1) is 16.7. The number of hydrogen-bond donors (Lipinski definition) is 2. The molecule has 3 N–H and O–H groups in total. The molecular formula is C13H24N4O2S. The predicted octanol–water partition coefficient (Wildman–Crippen LogP) is 1.73. The van der Waals surface area contributed by atoms with Gasteiger partial charge in [0.15, 0.2) is 5.13 Å². The van der Waals surface area contributed by atoms with Gasteiger partial charge in [-0.25, -0.2) is 4.98 Å². The third-order valence-electron chi connectivity index (χ3n) is 2.96. The molecule has 0 aliphatic rings. The van der Waals surface area contributed by atoms with Gasteiger partial charge in [0.05, 0.1) is 0 Å². The van der Waals surface area contributed by atoms with Gasteiger partial charge in [-0.05, 0) is 26.2 Å². The standard InChI is InChI=1S/C13H24N4O2S/c1-4-17(2)13-16-11(14)10(20-13)12(18)15-8-6-5-7-9-19-3/h4-9,14H2,1-3H3,(H,15,18). The van der Waals surface area contributed by atoms with Crippen LogP contribution in [0.4, 0.5) is 10.9 Å². The fourth-order valence-electron chi connectivity index (χ4n) is 1.61. The highest BCUT2D eigenvalue weighted by molar-refractivity contribution is 7.18. The number of amides is 1. The van der Waals surface area contributed by atoms with Gasteiger partial charge < -0.3 is 20.7 Å². The van der Waals surface area contributed by atoms with E-state index < -0.39 is 0 Å². The minimum absolute atomic E-state index is 0.137. The van der Waals surface area contributed by atoms with Crippen LogP contribution in [0.5, 0.6) is 0 Å². The molecule has 1 rings (SSSR count). The summed E-state index contributed by atoms with van der Waals surface area (Å²) in [5, 5.41) is 3.65. The van der Waals surface area contributed by atoms with E-state index in [1.165, 1.54) is 11.3 Å². The van der Waals surface area contributed by atoms with Crippen molar-refractivity contribution in [1.29, 1.82) is 0 Å². The van der Waals surface area contributed by atoms with Gasteiger partial charge in [0, 0.05) is 33.9 Å². The number of carbonyl (C=O) groups excluding carboxylic acids is 1. The molecule has 0 atom stereocenters. The lowest BCUT2D eigenvalue weighted by Gasteiger charge is -2.10. The molecule has 0 aromatic carbocycles. The Morgan fingerprint density at radius 1 is 1.45 bits per heavy atom. The molecule has 114 valence electrons. The Hall–Kier alpha value is -1.34. The number of unbranched alkanes of at least 4 members (excludes halogenated alkanes) is 2. The molecule has 7 heteroatoms. The number of nitrogen functional groups attached to an aromatic ring is 1. The molecule has 20 heavy (non-hydrogen) atoms. The second-order valence-corrected chi connectivity index (χ2v) is 5.51. The molecule has 0 aliphatic heterocycles. The number of nitrogens with one attached hydrogen (secondary N) is 1. The van der Waals surface area contributed by atoms with Crippen LogP contribution < -0.4 is 16.0 Å². The van der Waals surface area contributed by atoms with Gasteiger partial charge in [-0.1, -0.05) is 11.3 Å². The minimum atomic E-state index is -0.137. The number of carbonyl (C=O) groups is 1. The van der Waals surface area contributed by atoms with Crippen molar-refractivity contribution in [3.8, 4) is 0 Å². The highest BCUT2D eigenvalue weighted by Crippen LogP contribution is 2.27. The van der Waals surface area contributed by atoms with Crippen LogP contribution in [0.3, 0.4) is 0 Å². The lowest BCUT2D eigenvalue weighted by molar-refractivity contribution is 0.0957. The molecule has 1 amide bonds. The van der Waals surface area contributed by atoms with Crippen LogP contribution >= 0.6 is 11.3 Å². The van der Waals surface area contributed by atoms with E-state index in [9.17, 15) is 4.79 Å². The number of thiazole rings is 1. The molecule has 1 heterocycles. The molecule has 0 unspecified atom stereocenters. The van der Waals surface area contributed by atoms with Crippen LogP contribution in [0, 0.1) is 0 Å². The predicted molar refractivity (Wildman–Crippen MR) is 83.5 cm³/mol. The third kappa shape index (κ3) is 4.97. The van der Waals surface area contributed by atoms with Crippen molar-refractivity contribution in [3.63, 3.8) is 0 Å². The average Bonchev–Trinajstić information content (AvgIpc) is 2.83. The maximum atomic E-state index is 12.0. The molecule has 0 spiro atoms. The number of aromatic nitrogens is 1. The maximum absolute atomic E-state index is 12.0. The lowest BCUT2D eigenvalue weighted by Crippen LogP contribution is -2.24. The third-order valence-corrected chi connectivity index (χ3v) is 4.14. The largest absolute Gasteiger partial charge is 0.385 e. The molecule has 1 aromatic rings. The minimum Gasteiger partial charge on any atom is -0.385 e. The van der Waals surface area contributed by atoms with E-state index in [0.29, 0.717) is 17.2 Å². The van der Waals surface area contributed by atoms with Gasteiger partial charge in [0.2, 0.25) is 0 Å². The van der Waals surface area contributed by atoms with Gasteiger partial charge in [0.1, 0.15) is 10.7 Å². The summed E-state index contributed by atoms with van der Waals surface area (Å²) < 4.78 is 4.98. The molecule has 1 aromatic heterocycles. The second kappa shape index (κ2) is 8.76. The first-order valence-corrected chi connectivity index (χ1v) is 7.66. The van der Waals surface area contributed by atoms with Gasteiger partial charge >= 0.3 is 0 Å². The zero-order chi connectivity index (χ0) is 15.0. The maximum Gasteiger partial charge on any atom is 0.265 e. The highest BCUT2D eigenvalue weighted by atomic mass is 32.1. The summed E-state index contributed by atoms with van der Waals surface area (Å²) in [6, 6.07) is 0. The van der Waals surface area contributed by atoms with E-state index in [-0.39, 0.29) is 5.91 Å². The van der Waals surface area contributed by atoms with Crippen molar-refractivity contribution in [2.75, 3.05) is 44.5 Å². The molecule has 0 saturated heterocycles. The monoisotopic (exact) mass is 300 g/mol. The summed E-state index contributed by atoms with van der Waals surface area (Å²) in [7, 11) is 3.62. The number of nitrogens with zero attached hydrogens (tertiary/aromatic N) is 2. The Labute approximate surface area is 124 Å². The Morgan fingerprint density at radius 2 is 2.20 bits per heavy atom. The van der Waals surface area contributed by atoms with Crippen molar-refractivity contribution in [2.24, 2.45) is 0 Å². The SMILES string of the molecule is CCN(C)c1nc(N)c(C(=O)NCCCCCOC)s1. The van der Waals surface area contributed by atoms with Gasteiger partial charge in [-0.2, -0.15) is 0 Å². The van der Waals surface area contributed by atoms with E-state index in [1.807, 2.05) is 18.9 Å². The summed E-state index contributed by atoms with van der Waals surface area (Å²) in [6.45, 7) is 4.27. The van der Waals surface area contributed by atoms with Crippen LogP contribution in [-0.2, 0) is 4.74 Å². The topological polar surface area (TPSA) is 80.5 Å². The first-order chi connectivity index (χ1) is 9.60. The first-order valence-electron chi connectivity index (χ1n) is 6.84. The zero-order valence-electron chi connectivity index (χ0n) is 12.4. The fraction of sp³-hybridized carbons (Fsp3) is 0.692. The summed E-state index contributed by atoms with van der Waals surface area (Å²) in [6.07, 6.45) is 2.99. The number of nitrogens with two attached hydrogens (primary N) is 1. The van der Waals surface area contributed by atoms with Gasteiger partial charge in [-0.15, -0.1) is 0 Å². The van der Waals surface area contributed by atoms with Crippen molar-refractivity contribution < 1.29 is 9.53 Å². The molecule has 0 bridgehead atoms. The number of ether oxygens (including phenoxy) is 1. The van der Waals surface area contributed by atoms with E-state index in [0.717, 1.165) is 37.5 Å². The van der Waals surface area contributed by atoms with Gasteiger partial charge in [-0.3, -0.25) is 4.79 Å². The molecule has 0 saturated carbocycles. The lowest BCUT2D eigenvalue weighted by atomic mass is 10.2. The smallest absolute Gasteiger partial charge is 0.265 e. The molecular weight excluding hydrogens is 276 g/mol. The molecule has 0 radical (unpaired) electrons. The summed E-state index contributed by atoms with van der Waals surface area (Å²) in [5.74, 6) is 0.171. The van der Waals surface area contributed by atoms with Crippen LogP contribution in [0.15, 0.2) is 0 Å². The quantitative estimate of drug-likeness (QED) is 0.679. The number of hydrogen-bond acceptors (Lipinski definition) is 6. The fourth-order valence-corrected chi connectivity index (χ4v) is 2.54. The van der Waals surface area contributed by atoms with Crippen molar-refractivity contribution >= 4 is 28.2 Å². The Morgan fingerprint density at radius 3 is 2.85 bits per heavy atom. The normalized spacial score (nSPS) is 10.6. The van der Waals surface area contributed by atoms with Crippen molar-refractivity contribution in [3.05, 3.63) is 4.88 Å². The summed E-state index contributed by atoms with van der Waals surface area (Å²) in [5.41, 5.74) is 5.80. The van der Waals surface area contributed by atoms with E-state index >= 15 is 0 Å². The second-order valence-electron chi connectivity index (χ2n) is 4.53. The summed E-state index contributed by atoms with van der Waals surface area (Å²) >= 11 is 1.33. The van der Waals surface area contributed by atoms with Gasteiger partial charge in [0.25, 0.3) is 5.91 Å². The van der Waals surface area contributed by atoms with E-state index in [4.69, 9.17) is 10.5 Å². The van der Waals surface area contributed by atoms with Crippen LogP contribution in [-0.4, -0.2) is 44.7 Å².